The van der Waals surface area contributed by atoms with Crippen LogP contribution in [0.1, 0.15) is 10.4 Å². The van der Waals surface area contributed by atoms with E-state index in [9.17, 15) is 9.90 Å². The molecule has 1 N–H and O–H groups in total. The van der Waals surface area contributed by atoms with Gasteiger partial charge in [-0.15, -0.1) is 0 Å². The van der Waals surface area contributed by atoms with Crippen molar-refractivity contribution in [2.24, 2.45) is 0 Å². The summed E-state index contributed by atoms with van der Waals surface area (Å²) in [5.74, 6) is -0.990. The standard InChI is InChI=1S/C19H10N4O2/c24-19(25)10-5-6-13-14(9-10)23-17-12-4-2-7-20-15(12)11-3-1-8-21-16(11)18(17)22-13/h1-9H,(H,24,25). The molecule has 118 valence electrons. The summed E-state index contributed by atoms with van der Waals surface area (Å²) in [5.41, 5.74) is 4.25. The van der Waals surface area contributed by atoms with Crippen molar-refractivity contribution in [2.75, 3.05) is 0 Å². The quantitative estimate of drug-likeness (QED) is 0.374. The van der Waals surface area contributed by atoms with Crippen LogP contribution in [-0.4, -0.2) is 31.0 Å². The molecule has 0 aliphatic rings. The summed E-state index contributed by atoms with van der Waals surface area (Å²) >= 11 is 0. The molecule has 5 rings (SSSR count). The van der Waals surface area contributed by atoms with Crippen molar-refractivity contribution in [1.29, 1.82) is 0 Å². The fraction of sp³-hybridized carbons (Fsp3) is 0. The smallest absolute Gasteiger partial charge is 0.335 e. The average molecular weight is 326 g/mol. The molecule has 0 unspecified atom stereocenters. The number of rotatable bonds is 1. The molecule has 0 amide bonds. The highest BCUT2D eigenvalue weighted by Crippen LogP contribution is 2.31. The van der Waals surface area contributed by atoms with Crippen LogP contribution in [0.15, 0.2) is 54.9 Å². The molecule has 0 spiro atoms. The highest BCUT2D eigenvalue weighted by Gasteiger charge is 2.14. The molecule has 0 saturated heterocycles. The summed E-state index contributed by atoms with van der Waals surface area (Å²) in [5, 5.41) is 11.0. The van der Waals surface area contributed by atoms with E-state index in [1.165, 1.54) is 12.1 Å². The van der Waals surface area contributed by atoms with E-state index in [0.29, 0.717) is 22.1 Å². The Morgan fingerprint density at radius 3 is 2.20 bits per heavy atom. The fourth-order valence-electron chi connectivity index (χ4n) is 3.14. The van der Waals surface area contributed by atoms with Crippen LogP contribution in [0.2, 0.25) is 0 Å². The van der Waals surface area contributed by atoms with Gasteiger partial charge in [0.05, 0.1) is 22.1 Å². The zero-order valence-electron chi connectivity index (χ0n) is 12.8. The number of carboxylic acids is 1. The number of aromatic carboxylic acids is 1. The lowest BCUT2D eigenvalue weighted by Crippen LogP contribution is -1.98. The van der Waals surface area contributed by atoms with Gasteiger partial charge in [-0.2, -0.15) is 0 Å². The summed E-state index contributed by atoms with van der Waals surface area (Å²) in [6.45, 7) is 0. The van der Waals surface area contributed by atoms with E-state index in [-0.39, 0.29) is 5.56 Å². The molecule has 0 saturated carbocycles. The first-order chi connectivity index (χ1) is 12.2. The van der Waals surface area contributed by atoms with E-state index in [4.69, 9.17) is 9.97 Å². The minimum Gasteiger partial charge on any atom is -0.478 e. The number of aromatic nitrogens is 4. The predicted octanol–water partition coefficient (Wildman–Crippen LogP) is 3.58. The van der Waals surface area contributed by atoms with Gasteiger partial charge in [-0.05, 0) is 42.5 Å². The maximum Gasteiger partial charge on any atom is 0.335 e. The van der Waals surface area contributed by atoms with Crippen LogP contribution in [0, 0.1) is 0 Å². The van der Waals surface area contributed by atoms with Gasteiger partial charge in [-0.25, -0.2) is 14.8 Å². The molecule has 6 nitrogen and oxygen atoms in total. The third kappa shape index (κ3) is 1.94. The van der Waals surface area contributed by atoms with E-state index in [1.54, 1.807) is 18.5 Å². The van der Waals surface area contributed by atoms with Crippen LogP contribution < -0.4 is 0 Å². The monoisotopic (exact) mass is 326 g/mol. The normalized spacial score (nSPS) is 11.5. The van der Waals surface area contributed by atoms with E-state index >= 15 is 0 Å². The van der Waals surface area contributed by atoms with Crippen molar-refractivity contribution in [1.82, 2.24) is 19.9 Å². The Hall–Kier alpha value is -3.67. The minimum absolute atomic E-state index is 0.183. The Kier molecular flexibility index (Phi) is 2.70. The number of pyridine rings is 2. The maximum atomic E-state index is 11.2. The lowest BCUT2D eigenvalue weighted by atomic mass is 10.1. The van der Waals surface area contributed by atoms with Gasteiger partial charge in [-0.1, -0.05) is 0 Å². The van der Waals surface area contributed by atoms with Crippen LogP contribution in [0.25, 0.3) is 43.9 Å². The van der Waals surface area contributed by atoms with E-state index in [2.05, 4.69) is 9.97 Å². The number of hydrogen-bond donors (Lipinski definition) is 1. The SMILES string of the molecule is O=C(O)c1ccc2nc3c4ncccc4c4ncccc4c3nc2c1. The molecule has 3 aromatic heterocycles. The highest BCUT2D eigenvalue weighted by molar-refractivity contribution is 6.21. The molecule has 0 bridgehead atoms. The van der Waals surface area contributed by atoms with Gasteiger partial charge in [0.1, 0.15) is 16.6 Å². The molecule has 0 radical (unpaired) electrons. The molecule has 2 aromatic carbocycles. The van der Waals surface area contributed by atoms with Crippen LogP contribution in [0.3, 0.4) is 0 Å². The van der Waals surface area contributed by atoms with E-state index in [0.717, 1.165) is 21.8 Å². The Labute approximate surface area is 140 Å². The summed E-state index contributed by atoms with van der Waals surface area (Å²) < 4.78 is 0. The topological polar surface area (TPSA) is 88.9 Å². The van der Waals surface area contributed by atoms with Crippen molar-refractivity contribution < 1.29 is 9.90 Å². The maximum absolute atomic E-state index is 11.2. The number of fused-ring (bicyclic) bond motifs is 7. The van der Waals surface area contributed by atoms with Crippen molar-refractivity contribution in [3.05, 3.63) is 60.4 Å². The van der Waals surface area contributed by atoms with Gasteiger partial charge in [0.25, 0.3) is 0 Å². The molecule has 0 fully saturated rings. The number of carboxylic acid groups (broad SMARTS) is 1. The summed E-state index contributed by atoms with van der Waals surface area (Å²) in [7, 11) is 0. The van der Waals surface area contributed by atoms with E-state index < -0.39 is 5.97 Å². The predicted molar refractivity (Wildman–Crippen MR) is 94.6 cm³/mol. The molecular weight excluding hydrogens is 316 g/mol. The Bertz CT molecular complexity index is 1330. The van der Waals surface area contributed by atoms with Gasteiger partial charge in [-0.3, -0.25) is 9.97 Å². The molecule has 0 aliphatic carbocycles. The van der Waals surface area contributed by atoms with Crippen LogP contribution in [0.4, 0.5) is 0 Å². The first-order valence-corrected chi connectivity index (χ1v) is 7.68. The van der Waals surface area contributed by atoms with Crippen LogP contribution >= 0.6 is 0 Å². The van der Waals surface area contributed by atoms with Crippen molar-refractivity contribution >= 4 is 49.8 Å². The second-order valence-electron chi connectivity index (χ2n) is 5.73. The zero-order valence-corrected chi connectivity index (χ0v) is 12.8. The van der Waals surface area contributed by atoms with Crippen molar-refractivity contribution in [3.63, 3.8) is 0 Å². The van der Waals surface area contributed by atoms with Crippen LogP contribution in [0.5, 0.6) is 0 Å². The van der Waals surface area contributed by atoms with E-state index in [1.807, 2.05) is 24.3 Å². The summed E-state index contributed by atoms with van der Waals surface area (Å²) in [6, 6.07) is 12.4. The van der Waals surface area contributed by atoms with Gasteiger partial charge in [0.15, 0.2) is 0 Å². The average Bonchev–Trinajstić information content (AvgIpc) is 2.66. The third-order valence-electron chi connectivity index (χ3n) is 4.26. The van der Waals surface area contributed by atoms with Crippen LogP contribution in [-0.2, 0) is 0 Å². The molecule has 0 aliphatic heterocycles. The fourth-order valence-corrected chi connectivity index (χ4v) is 3.14. The summed E-state index contributed by atoms with van der Waals surface area (Å²) in [6.07, 6.45) is 3.45. The molecule has 0 atom stereocenters. The number of carbonyl (C=O) groups is 1. The number of hydrogen-bond acceptors (Lipinski definition) is 5. The van der Waals surface area contributed by atoms with Crippen molar-refractivity contribution in [2.45, 2.75) is 0 Å². The lowest BCUT2D eigenvalue weighted by Gasteiger charge is -2.08. The second kappa shape index (κ2) is 4.91. The number of benzene rings is 2. The summed E-state index contributed by atoms with van der Waals surface area (Å²) in [4.78, 5) is 29.6. The first kappa shape index (κ1) is 13.7. The highest BCUT2D eigenvalue weighted by atomic mass is 16.4. The molecule has 6 heteroatoms. The Morgan fingerprint density at radius 2 is 1.44 bits per heavy atom. The van der Waals surface area contributed by atoms with Gasteiger partial charge in [0, 0.05) is 23.2 Å². The zero-order chi connectivity index (χ0) is 17.0. The Balaban J connectivity index is 2.04. The number of nitrogens with zero attached hydrogens (tertiary/aromatic N) is 4. The van der Waals surface area contributed by atoms with Crippen molar-refractivity contribution in [3.8, 4) is 0 Å². The second-order valence-corrected chi connectivity index (χ2v) is 5.73. The molecule has 25 heavy (non-hydrogen) atoms. The third-order valence-corrected chi connectivity index (χ3v) is 4.26. The first-order valence-electron chi connectivity index (χ1n) is 7.68. The molecule has 5 aromatic rings. The van der Waals surface area contributed by atoms with Gasteiger partial charge >= 0.3 is 5.97 Å². The van der Waals surface area contributed by atoms with Gasteiger partial charge in [0.2, 0.25) is 0 Å². The lowest BCUT2D eigenvalue weighted by molar-refractivity contribution is 0.0697. The minimum atomic E-state index is -0.990. The largest absolute Gasteiger partial charge is 0.478 e. The molecule has 3 heterocycles. The van der Waals surface area contributed by atoms with Gasteiger partial charge < -0.3 is 5.11 Å². The molecular formula is C19H10N4O2. The Morgan fingerprint density at radius 1 is 0.760 bits per heavy atom.